The van der Waals surface area contributed by atoms with Gasteiger partial charge in [-0.05, 0) is 25.9 Å². The van der Waals surface area contributed by atoms with E-state index < -0.39 is 12.6 Å². The van der Waals surface area contributed by atoms with Gasteiger partial charge in [-0.15, -0.1) is 0 Å². The summed E-state index contributed by atoms with van der Waals surface area (Å²) in [7, 11) is 0. The third-order valence-electron chi connectivity index (χ3n) is 2.82. The van der Waals surface area contributed by atoms with Crippen molar-refractivity contribution in [3.63, 3.8) is 0 Å². The Morgan fingerprint density at radius 2 is 2.05 bits per heavy atom. The lowest BCUT2D eigenvalue weighted by Crippen LogP contribution is -2.32. The third kappa shape index (κ3) is 5.15. The van der Waals surface area contributed by atoms with E-state index in [0.717, 1.165) is 25.9 Å². The van der Waals surface area contributed by atoms with Crippen LogP contribution in [0.25, 0.3) is 0 Å². The Hall–Kier alpha value is -1.15. The smallest absolute Gasteiger partial charge is 0.378 e. The first-order valence-corrected chi connectivity index (χ1v) is 6.23. The van der Waals surface area contributed by atoms with Crippen molar-refractivity contribution in [3.05, 3.63) is 11.7 Å². The van der Waals surface area contributed by atoms with Crippen molar-refractivity contribution in [3.8, 4) is 0 Å². The summed E-state index contributed by atoms with van der Waals surface area (Å²) in [6.07, 6.45) is -3.03. The lowest BCUT2D eigenvalue weighted by atomic mass is 10.1. The van der Waals surface area contributed by atoms with Crippen molar-refractivity contribution in [2.75, 3.05) is 19.7 Å². The topological polar surface area (TPSA) is 60.2 Å². The minimum Gasteiger partial charge on any atom is -0.378 e. The third-order valence-corrected chi connectivity index (χ3v) is 2.82. The van der Waals surface area contributed by atoms with E-state index in [-0.39, 0.29) is 17.8 Å². The first-order chi connectivity index (χ1) is 9.03. The van der Waals surface area contributed by atoms with Gasteiger partial charge in [-0.3, -0.25) is 0 Å². The molecule has 0 unspecified atom stereocenters. The van der Waals surface area contributed by atoms with E-state index in [1.165, 1.54) is 0 Å². The van der Waals surface area contributed by atoms with Crippen LogP contribution in [0.2, 0.25) is 0 Å². The number of alkyl halides is 3. The van der Waals surface area contributed by atoms with Crippen LogP contribution >= 0.6 is 0 Å². The minimum absolute atomic E-state index is 0.188. The Morgan fingerprint density at radius 1 is 1.32 bits per heavy atom. The molecule has 8 heteroatoms. The number of hydrogen-bond donors (Lipinski definition) is 1. The van der Waals surface area contributed by atoms with Gasteiger partial charge in [0.25, 0.3) is 0 Å². The fourth-order valence-corrected chi connectivity index (χ4v) is 1.92. The summed E-state index contributed by atoms with van der Waals surface area (Å²) in [5, 5.41) is 6.52. The average molecular weight is 279 g/mol. The predicted octanol–water partition coefficient (Wildman–Crippen LogP) is 1.49. The average Bonchev–Trinajstić information content (AvgIpc) is 2.76. The first-order valence-electron chi connectivity index (χ1n) is 6.23. The number of hydrogen-bond acceptors (Lipinski definition) is 5. The highest BCUT2D eigenvalue weighted by Crippen LogP contribution is 2.19. The highest BCUT2D eigenvalue weighted by atomic mass is 19.4. The van der Waals surface area contributed by atoms with Crippen LogP contribution in [0.5, 0.6) is 0 Å². The zero-order chi connectivity index (χ0) is 13.7. The van der Waals surface area contributed by atoms with Crippen LogP contribution in [0.3, 0.4) is 0 Å². The molecule has 1 aromatic rings. The largest absolute Gasteiger partial charge is 0.396 e. The minimum atomic E-state index is -4.31. The molecular weight excluding hydrogens is 263 g/mol. The summed E-state index contributed by atoms with van der Waals surface area (Å²) in [4.78, 5) is 3.69. The second-order valence-corrected chi connectivity index (χ2v) is 4.47. The number of aromatic nitrogens is 2. The standard InChI is InChI=1S/C11H16F3N3O2/c12-11(13,14)7-9-16-10(19-17-9)3-6-18-8-1-4-15-5-2-8/h8,15H,1-7H2. The summed E-state index contributed by atoms with van der Waals surface area (Å²) >= 11 is 0. The Kier molecular flexibility index (Phi) is 4.76. The first kappa shape index (κ1) is 14.3. The zero-order valence-electron chi connectivity index (χ0n) is 10.4. The molecule has 19 heavy (non-hydrogen) atoms. The van der Waals surface area contributed by atoms with Crippen molar-refractivity contribution in [2.45, 2.75) is 38.0 Å². The summed E-state index contributed by atoms with van der Waals surface area (Å²) < 4.78 is 46.6. The van der Waals surface area contributed by atoms with Crippen LogP contribution in [-0.2, 0) is 17.6 Å². The number of halogens is 3. The molecule has 1 aliphatic heterocycles. The van der Waals surface area contributed by atoms with Crippen molar-refractivity contribution >= 4 is 0 Å². The molecule has 0 bridgehead atoms. The van der Waals surface area contributed by atoms with Crippen LogP contribution in [0.1, 0.15) is 24.6 Å². The molecule has 0 aromatic carbocycles. The van der Waals surface area contributed by atoms with Crippen LogP contribution < -0.4 is 5.32 Å². The van der Waals surface area contributed by atoms with Gasteiger partial charge in [-0.1, -0.05) is 5.16 Å². The lowest BCUT2D eigenvalue weighted by Gasteiger charge is -2.22. The van der Waals surface area contributed by atoms with E-state index in [4.69, 9.17) is 9.26 Å². The molecule has 0 spiro atoms. The van der Waals surface area contributed by atoms with Gasteiger partial charge in [0.1, 0.15) is 6.42 Å². The summed E-state index contributed by atoms with van der Waals surface area (Å²) in [5.74, 6) is -0.141. The fraction of sp³-hybridized carbons (Fsp3) is 0.818. The molecule has 0 atom stereocenters. The SMILES string of the molecule is FC(F)(F)Cc1noc(CCOC2CCNCC2)n1. The maximum absolute atomic E-state index is 12.1. The van der Waals surface area contributed by atoms with Crippen molar-refractivity contribution < 1.29 is 22.4 Å². The highest BCUT2D eigenvalue weighted by Gasteiger charge is 2.30. The fourth-order valence-electron chi connectivity index (χ4n) is 1.92. The molecule has 1 aromatic heterocycles. The van der Waals surface area contributed by atoms with Crippen molar-refractivity contribution in [2.24, 2.45) is 0 Å². The summed E-state index contributed by atoms with van der Waals surface area (Å²) in [6, 6.07) is 0. The van der Waals surface area contributed by atoms with Crippen molar-refractivity contribution in [1.29, 1.82) is 0 Å². The van der Waals surface area contributed by atoms with Gasteiger partial charge >= 0.3 is 6.18 Å². The monoisotopic (exact) mass is 279 g/mol. The van der Waals surface area contributed by atoms with Gasteiger partial charge in [-0.2, -0.15) is 18.2 Å². The second kappa shape index (κ2) is 6.33. The molecule has 1 fully saturated rings. The predicted molar refractivity (Wildman–Crippen MR) is 59.6 cm³/mol. The molecule has 1 aliphatic rings. The van der Waals surface area contributed by atoms with E-state index in [9.17, 15) is 13.2 Å². The molecule has 5 nitrogen and oxygen atoms in total. The molecule has 2 heterocycles. The molecule has 0 aliphatic carbocycles. The number of nitrogens with one attached hydrogen (secondary N) is 1. The number of ether oxygens (including phenoxy) is 1. The molecule has 1 N–H and O–H groups in total. The second-order valence-electron chi connectivity index (χ2n) is 4.47. The van der Waals surface area contributed by atoms with E-state index >= 15 is 0 Å². The molecule has 0 radical (unpaired) electrons. The number of nitrogens with zero attached hydrogens (tertiary/aromatic N) is 2. The normalized spacial score (nSPS) is 17.8. The molecule has 0 saturated carbocycles. The summed E-state index contributed by atoms with van der Waals surface area (Å²) in [6.45, 7) is 2.25. The Balaban J connectivity index is 1.71. The van der Waals surface area contributed by atoms with Crippen molar-refractivity contribution in [1.82, 2.24) is 15.5 Å². The van der Waals surface area contributed by atoms with Gasteiger partial charge in [0.05, 0.1) is 19.1 Å². The zero-order valence-corrected chi connectivity index (χ0v) is 10.4. The molecule has 1 saturated heterocycles. The number of piperidine rings is 1. The maximum atomic E-state index is 12.1. The van der Waals surface area contributed by atoms with Crippen LogP contribution in [0, 0.1) is 0 Å². The molecular formula is C11H16F3N3O2. The van der Waals surface area contributed by atoms with Crippen LogP contribution in [0.15, 0.2) is 4.52 Å². The van der Waals surface area contributed by atoms with E-state index in [1.807, 2.05) is 0 Å². The van der Waals surface area contributed by atoms with Gasteiger partial charge in [0.2, 0.25) is 5.89 Å². The Morgan fingerprint density at radius 3 is 2.74 bits per heavy atom. The molecule has 2 rings (SSSR count). The van der Waals surface area contributed by atoms with Gasteiger partial charge in [-0.25, -0.2) is 0 Å². The van der Waals surface area contributed by atoms with Crippen LogP contribution in [0.4, 0.5) is 13.2 Å². The van der Waals surface area contributed by atoms with Gasteiger partial charge in [0.15, 0.2) is 5.82 Å². The lowest BCUT2D eigenvalue weighted by molar-refractivity contribution is -0.128. The Bertz CT molecular complexity index is 389. The number of rotatable bonds is 5. The summed E-state index contributed by atoms with van der Waals surface area (Å²) in [5.41, 5.74) is 0. The van der Waals surface area contributed by atoms with Gasteiger partial charge < -0.3 is 14.6 Å². The quantitative estimate of drug-likeness (QED) is 0.884. The molecule has 108 valence electrons. The van der Waals surface area contributed by atoms with Gasteiger partial charge in [0, 0.05) is 0 Å². The highest BCUT2D eigenvalue weighted by molar-refractivity contribution is 4.88. The van der Waals surface area contributed by atoms with E-state index in [2.05, 4.69) is 15.5 Å². The van der Waals surface area contributed by atoms with Crippen LogP contribution in [-0.4, -0.2) is 42.1 Å². The maximum Gasteiger partial charge on any atom is 0.396 e. The molecule has 0 amide bonds. The van der Waals surface area contributed by atoms with E-state index in [0.29, 0.717) is 13.0 Å². The van der Waals surface area contributed by atoms with E-state index in [1.54, 1.807) is 0 Å². The Labute approximate surface area is 108 Å².